The van der Waals surface area contributed by atoms with E-state index in [4.69, 9.17) is 0 Å². The Labute approximate surface area is 168 Å². The minimum atomic E-state index is -4.57. The van der Waals surface area contributed by atoms with Crippen molar-refractivity contribution in [3.8, 4) is 0 Å². The van der Waals surface area contributed by atoms with Crippen LogP contribution in [0.3, 0.4) is 0 Å². The molecule has 29 heavy (non-hydrogen) atoms. The average molecular weight is 406 g/mol. The number of rotatable bonds is 4. The molecule has 1 N–H and O–H groups in total. The number of piperazine rings is 1. The number of halogens is 3. The van der Waals surface area contributed by atoms with Gasteiger partial charge in [0, 0.05) is 57.2 Å². The molecule has 0 spiro atoms. The highest BCUT2D eigenvalue weighted by Crippen LogP contribution is 2.37. The van der Waals surface area contributed by atoms with Crippen molar-refractivity contribution < 1.29 is 18.0 Å². The van der Waals surface area contributed by atoms with Crippen molar-refractivity contribution in [3.05, 3.63) is 53.6 Å². The third-order valence-corrected chi connectivity index (χ3v) is 5.05. The Hall–Kier alpha value is -2.74. The predicted octanol–water partition coefficient (Wildman–Crippen LogP) is 3.78. The summed E-state index contributed by atoms with van der Waals surface area (Å²) in [5, 5.41) is 2.43. The summed E-state index contributed by atoms with van der Waals surface area (Å²) in [5.41, 5.74) is 0.520. The molecule has 0 aromatic heterocycles. The van der Waals surface area contributed by atoms with Crippen molar-refractivity contribution in [2.24, 2.45) is 0 Å². The zero-order chi connectivity index (χ0) is 21.2. The van der Waals surface area contributed by atoms with E-state index in [-0.39, 0.29) is 5.69 Å². The molecule has 2 aromatic rings. The lowest BCUT2D eigenvalue weighted by atomic mass is 10.1. The molecular weight excluding hydrogens is 381 g/mol. The molecule has 0 saturated carbocycles. The second kappa shape index (κ2) is 8.32. The number of carbonyl (C=O) groups is 1. The maximum atomic E-state index is 13.7. The third-order valence-electron chi connectivity index (χ3n) is 5.05. The number of nitrogens with zero attached hydrogens (tertiary/aromatic N) is 3. The van der Waals surface area contributed by atoms with Crippen molar-refractivity contribution in [3.63, 3.8) is 0 Å². The fourth-order valence-corrected chi connectivity index (χ4v) is 3.26. The molecule has 3 rings (SSSR count). The van der Waals surface area contributed by atoms with Gasteiger partial charge in [-0.05, 0) is 43.4 Å². The van der Waals surface area contributed by atoms with Gasteiger partial charge < -0.3 is 20.0 Å². The summed E-state index contributed by atoms with van der Waals surface area (Å²) in [6, 6.07) is 10.8. The number of alkyl halides is 3. The van der Waals surface area contributed by atoms with Gasteiger partial charge >= 0.3 is 6.18 Å². The monoisotopic (exact) mass is 406 g/mol. The first-order valence-electron chi connectivity index (χ1n) is 9.38. The maximum absolute atomic E-state index is 13.7. The van der Waals surface area contributed by atoms with Gasteiger partial charge in [-0.2, -0.15) is 13.2 Å². The minimum Gasteiger partial charge on any atom is -0.378 e. The zero-order valence-electron chi connectivity index (χ0n) is 16.8. The molecule has 0 radical (unpaired) electrons. The van der Waals surface area contributed by atoms with Crippen LogP contribution in [0.15, 0.2) is 42.5 Å². The van der Waals surface area contributed by atoms with Crippen molar-refractivity contribution in [2.45, 2.75) is 6.18 Å². The SMILES string of the molecule is CN1CCN(c2ccc(NC(=O)c3cccc(N(C)C)c3)c(C(F)(F)F)c2)CC1. The van der Waals surface area contributed by atoms with Gasteiger partial charge in [0.15, 0.2) is 0 Å². The van der Waals surface area contributed by atoms with Crippen LogP contribution in [0.2, 0.25) is 0 Å². The molecule has 1 amide bonds. The molecule has 1 fully saturated rings. The molecule has 5 nitrogen and oxygen atoms in total. The van der Waals surface area contributed by atoms with Crippen LogP contribution in [0, 0.1) is 0 Å². The van der Waals surface area contributed by atoms with Crippen LogP contribution in [0.5, 0.6) is 0 Å². The maximum Gasteiger partial charge on any atom is 0.418 e. The van der Waals surface area contributed by atoms with Crippen LogP contribution in [0.25, 0.3) is 0 Å². The van der Waals surface area contributed by atoms with Crippen molar-refractivity contribution >= 4 is 23.0 Å². The smallest absolute Gasteiger partial charge is 0.378 e. The standard InChI is InChI=1S/C21H25F3N4O/c1-26(2)16-6-4-5-15(13-16)20(29)25-19-8-7-17(14-18(19)21(22,23)24)28-11-9-27(3)10-12-28/h4-8,13-14H,9-12H2,1-3H3,(H,25,29). The van der Waals surface area contributed by atoms with Gasteiger partial charge in [0.1, 0.15) is 0 Å². The Bertz CT molecular complexity index is 874. The number of hydrogen-bond donors (Lipinski definition) is 1. The number of likely N-dealkylation sites (N-methyl/N-ethyl adjacent to an activating group) is 1. The molecule has 8 heteroatoms. The number of anilines is 3. The van der Waals surface area contributed by atoms with E-state index in [2.05, 4.69) is 10.2 Å². The summed E-state index contributed by atoms with van der Waals surface area (Å²) in [7, 11) is 5.65. The highest BCUT2D eigenvalue weighted by molar-refractivity contribution is 6.05. The molecular formula is C21H25F3N4O. The molecule has 1 aliphatic rings. The van der Waals surface area contributed by atoms with Gasteiger partial charge in [0.2, 0.25) is 0 Å². The lowest BCUT2D eigenvalue weighted by Gasteiger charge is -2.34. The molecule has 2 aromatic carbocycles. The third kappa shape index (κ3) is 5.00. The van der Waals surface area contributed by atoms with Crippen LogP contribution in [-0.2, 0) is 6.18 Å². The van der Waals surface area contributed by atoms with Gasteiger partial charge in [-0.3, -0.25) is 4.79 Å². The highest BCUT2D eigenvalue weighted by atomic mass is 19.4. The number of hydrogen-bond acceptors (Lipinski definition) is 4. The second-order valence-corrected chi connectivity index (χ2v) is 7.42. The Morgan fingerprint density at radius 2 is 1.72 bits per heavy atom. The highest BCUT2D eigenvalue weighted by Gasteiger charge is 2.35. The largest absolute Gasteiger partial charge is 0.418 e. The Morgan fingerprint density at radius 1 is 1.03 bits per heavy atom. The van der Waals surface area contributed by atoms with Crippen LogP contribution in [-0.4, -0.2) is 58.1 Å². The molecule has 0 bridgehead atoms. The fraction of sp³-hybridized carbons (Fsp3) is 0.381. The van der Waals surface area contributed by atoms with E-state index in [0.717, 1.165) is 24.8 Å². The topological polar surface area (TPSA) is 38.8 Å². The molecule has 1 aliphatic heterocycles. The van der Waals surface area contributed by atoms with E-state index >= 15 is 0 Å². The fourth-order valence-electron chi connectivity index (χ4n) is 3.26. The zero-order valence-corrected chi connectivity index (χ0v) is 16.8. The second-order valence-electron chi connectivity index (χ2n) is 7.42. The van der Waals surface area contributed by atoms with E-state index in [1.54, 1.807) is 24.3 Å². The predicted molar refractivity (Wildman–Crippen MR) is 110 cm³/mol. The van der Waals surface area contributed by atoms with E-state index in [9.17, 15) is 18.0 Å². The van der Waals surface area contributed by atoms with Gasteiger partial charge in [-0.15, -0.1) is 0 Å². The van der Waals surface area contributed by atoms with Crippen molar-refractivity contribution in [1.29, 1.82) is 0 Å². The first-order valence-corrected chi connectivity index (χ1v) is 9.38. The number of benzene rings is 2. The molecule has 1 heterocycles. The molecule has 0 unspecified atom stereocenters. The number of carbonyl (C=O) groups excluding carboxylic acids is 1. The summed E-state index contributed by atoms with van der Waals surface area (Å²) in [5.74, 6) is -0.577. The van der Waals surface area contributed by atoms with Crippen LogP contribution < -0.4 is 15.1 Å². The van der Waals surface area contributed by atoms with E-state index in [1.807, 2.05) is 37.0 Å². The quantitative estimate of drug-likeness (QED) is 0.839. The Balaban J connectivity index is 1.86. The van der Waals surface area contributed by atoms with Crippen LogP contribution in [0.4, 0.5) is 30.2 Å². The lowest BCUT2D eigenvalue weighted by Crippen LogP contribution is -2.44. The Kier molecular flexibility index (Phi) is 6.02. The summed E-state index contributed by atoms with van der Waals surface area (Å²) in [6.07, 6.45) is -4.57. The normalized spacial score (nSPS) is 15.3. The van der Waals surface area contributed by atoms with Gasteiger partial charge in [-0.25, -0.2) is 0 Å². The summed E-state index contributed by atoms with van der Waals surface area (Å²) in [6.45, 7) is 2.91. The van der Waals surface area contributed by atoms with E-state index < -0.39 is 17.6 Å². The van der Waals surface area contributed by atoms with Gasteiger partial charge in [0.25, 0.3) is 5.91 Å². The summed E-state index contributed by atoms with van der Waals surface area (Å²) >= 11 is 0. The molecule has 0 atom stereocenters. The minimum absolute atomic E-state index is 0.240. The Morgan fingerprint density at radius 3 is 2.34 bits per heavy atom. The first kappa shape index (κ1) is 21.0. The average Bonchev–Trinajstić information content (AvgIpc) is 2.68. The molecule has 156 valence electrons. The van der Waals surface area contributed by atoms with Crippen molar-refractivity contribution in [1.82, 2.24) is 4.90 Å². The number of amides is 1. The van der Waals surface area contributed by atoms with Gasteiger partial charge in [0.05, 0.1) is 11.3 Å². The number of nitrogens with one attached hydrogen (secondary N) is 1. The van der Waals surface area contributed by atoms with Gasteiger partial charge in [-0.1, -0.05) is 6.07 Å². The van der Waals surface area contributed by atoms with E-state index in [0.29, 0.717) is 24.3 Å². The van der Waals surface area contributed by atoms with E-state index in [1.165, 1.54) is 6.07 Å². The van der Waals surface area contributed by atoms with Crippen molar-refractivity contribution in [2.75, 3.05) is 62.4 Å². The molecule has 1 saturated heterocycles. The summed E-state index contributed by atoms with van der Waals surface area (Å²) < 4.78 is 41.1. The lowest BCUT2D eigenvalue weighted by molar-refractivity contribution is -0.136. The summed E-state index contributed by atoms with van der Waals surface area (Å²) in [4.78, 5) is 18.5. The first-order chi connectivity index (χ1) is 13.6. The van der Waals surface area contributed by atoms with Crippen LogP contribution >= 0.6 is 0 Å². The molecule has 0 aliphatic carbocycles. The van der Waals surface area contributed by atoms with Crippen LogP contribution in [0.1, 0.15) is 15.9 Å².